The van der Waals surface area contributed by atoms with Gasteiger partial charge in [-0.3, -0.25) is 4.79 Å². The molecule has 0 aliphatic rings. The van der Waals surface area contributed by atoms with Gasteiger partial charge in [-0.25, -0.2) is 4.98 Å². The molecule has 0 atom stereocenters. The Bertz CT molecular complexity index is 552. The number of ether oxygens (including phenoxy) is 1. The summed E-state index contributed by atoms with van der Waals surface area (Å²) < 4.78 is 4.83. The number of aromatic amines is 1. The zero-order chi connectivity index (χ0) is 13.0. The Balaban J connectivity index is 2.20. The third-order valence-electron chi connectivity index (χ3n) is 2.21. The summed E-state index contributed by atoms with van der Waals surface area (Å²) in [4.78, 5) is 26.6. The summed E-state index contributed by atoms with van der Waals surface area (Å²) in [6.07, 6.45) is 1.52. The molecule has 0 unspecified atom stereocenters. The van der Waals surface area contributed by atoms with E-state index in [0.29, 0.717) is 29.5 Å². The zero-order valence-corrected chi connectivity index (χ0v) is 10.1. The minimum absolute atomic E-state index is 0.0438. The third kappa shape index (κ3) is 2.47. The van der Waals surface area contributed by atoms with Crippen molar-refractivity contribution >= 4 is 28.9 Å². The van der Waals surface area contributed by atoms with Crippen molar-refractivity contribution in [3.05, 3.63) is 6.33 Å². The van der Waals surface area contributed by atoms with Crippen LogP contribution in [0, 0.1) is 0 Å². The number of nitrogens with zero attached hydrogens (tertiary/aromatic N) is 3. The number of hydrogen-bond acceptors (Lipinski definition) is 7. The monoisotopic (exact) mass is 250 g/mol. The topological polar surface area (TPSA) is 105 Å². The Labute approximate surface area is 103 Å². The van der Waals surface area contributed by atoms with Gasteiger partial charge in [-0.15, -0.1) is 0 Å². The maximum absolute atomic E-state index is 11.3. The fraction of sp³-hybridized carbons (Fsp3) is 0.400. The summed E-state index contributed by atoms with van der Waals surface area (Å²) in [6.45, 7) is 2.16. The van der Waals surface area contributed by atoms with E-state index in [2.05, 4.69) is 30.6 Å². The molecule has 0 bridgehead atoms. The van der Waals surface area contributed by atoms with E-state index in [1.54, 1.807) is 14.0 Å². The number of carbonyl (C=O) groups excluding carboxylic acids is 1. The minimum atomic E-state index is -0.338. The first-order valence-corrected chi connectivity index (χ1v) is 5.53. The molecule has 0 amide bonds. The number of hydrogen-bond donors (Lipinski definition) is 3. The first kappa shape index (κ1) is 12.1. The fourth-order valence-electron chi connectivity index (χ4n) is 1.44. The van der Waals surface area contributed by atoms with Gasteiger partial charge >= 0.3 is 5.97 Å². The van der Waals surface area contributed by atoms with E-state index < -0.39 is 0 Å². The maximum atomic E-state index is 11.3. The minimum Gasteiger partial charge on any atom is -0.465 e. The molecule has 8 heteroatoms. The van der Waals surface area contributed by atoms with E-state index in [9.17, 15) is 4.79 Å². The van der Waals surface area contributed by atoms with Crippen LogP contribution in [0.5, 0.6) is 0 Å². The van der Waals surface area contributed by atoms with Gasteiger partial charge in [0, 0.05) is 7.05 Å². The van der Waals surface area contributed by atoms with E-state index in [1.807, 2.05) is 0 Å². The second-order valence-corrected chi connectivity index (χ2v) is 3.41. The second-order valence-electron chi connectivity index (χ2n) is 3.41. The third-order valence-corrected chi connectivity index (χ3v) is 2.21. The van der Waals surface area contributed by atoms with E-state index in [4.69, 9.17) is 4.74 Å². The number of H-pyrrole nitrogens is 1. The molecule has 2 aromatic rings. The Hall–Kier alpha value is -2.38. The summed E-state index contributed by atoms with van der Waals surface area (Å²) in [6, 6.07) is 0. The number of esters is 1. The van der Waals surface area contributed by atoms with Crippen molar-refractivity contribution in [2.24, 2.45) is 0 Å². The Morgan fingerprint density at radius 1 is 1.50 bits per heavy atom. The highest BCUT2D eigenvalue weighted by Gasteiger charge is 2.10. The van der Waals surface area contributed by atoms with E-state index in [-0.39, 0.29) is 12.5 Å². The lowest BCUT2D eigenvalue weighted by atomic mass is 10.4. The van der Waals surface area contributed by atoms with Crippen molar-refractivity contribution in [1.82, 2.24) is 19.9 Å². The number of nitrogens with one attached hydrogen (secondary N) is 3. The van der Waals surface area contributed by atoms with Crippen LogP contribution in [-0.4, -0.2) is 46.1 Å². The van der Waals surface area contributed by atoms with Gasteiger partial charge in [-0.05, 0) is 6.92 Å². The highest BCUT2D eigenvalue weighted by Crippen LogP contribution is 2.17. The predicted octanol–water partition coefficient (Wildman–Crippen LogP) is 0.370. The molecule has 2 heterocycles. The fourth-order valence-corrected chi connectivity index (χ4v) is 1.44. The van der Waals surface area contributed by atoms with Gasteiger partial charge in [0.2, 0.25) is 5.95 Å². The number of aromatic nitrogens is 4. The summed E-state index contributed by atoms with van der Waals surface area (Å²) in [5.74, 6) is 0.602. The molecule has 18 heavy (non-hydrogen) atoms. The van der Waals surface area contributed by atoms with Crippen LogP contribution < -0.4 is 10.6 Å². The molecule has 0 spiro atoms. The highest BCUT2D eigenvalue weighted by molar-refractivity contribution is 5.85. The van der Waals surface area contributed by atoms with Crippen LogP contribution >= 0.6 is 0 Å². The lowest BCUT2D eigenvalue weighted by Gasteiger charge is -2.07. The number of rotatable bonds is 5. The lowest BCUT2D eigenvalue weighted by molar-refractivity contribution is -0.140. The molecule has 0 aromatic carbocycles. The molecule has 0 aliphatic heterocycles. The summed E-state index contributed by atoms with van der Waals surface area (Å²) in [5.41, 5.74) is 1.18. The SMILES string of the molecule is CCOC(=O)CNc1nc(NC)nc2nc[nH]c12. The molecule has 0 fully saturated rings. The molecule has 96 valence electrons. The molecule has 0 saturated heterocycles. The maximum Gasteiger partial charge on any atom is 0.325 e. The van der Waals surface area contributed by atoms with Crippen LogP contribution in [0.2, 0.25) is 0 Å². The first-order chi connectivity index (χ1) is 8.74. The van der Waals surface area contributed by atoms with Gasteiger partial charge in [0.25, 0.3) is 0 Å². The Morgan fingerprint density at radius 3 is 3.06 bits per heavy atom. The molecule has 0 saturated carbocycles. The molecular weight excluding hydrogens is 236 g/mol. The predicted molar refractivity (Wildman–Crippen MR) is 66.4 cm³/mol. The van der Waals surface area contributed by atoms with Crippen molar-refractivity contribution in [2.45, 2.75) is 6.92 Å². The van der Waals surface area contributed by atoms with Gasteiger partial charge in [0.1, 0.15) is 12.1 Å². The lowest BCUT2D eigenvalue weighted by Crippen LogP contribution is -2.18. The van der Waals surface area contributed by atoms with E-state index in [1.165, 1.54) is 6.33 Å². The quantitative estimate of drug-likeness (QED) is 0.658. The molecule has 8 nitrogen and oxygen atoms in total. The van der Waals surface area contributed by atoms with Gasteiger partial charge in [-0.1, -0.05) is 0 Å². The van der Waals surface area contributed by atoms with Crippen LogP contribution in [0.1, 0.15) is 6.92 Å². The van der Waals surface area contributed by atoms with Crippen LogP contribution in [-0.2, 0) is 9.53 Å². The molecule has 2 aromatic heterocycles. The van der Waals surface area contributed by atoms with Gasteiger partial charge in [0.05, 0.1) is 12.9 Å². The zero-order valence-electron chi connectivity index (χ0n) is 10.1. The summed E-state index contributed by atoms with van der Waals surface area (Å²) in [7, 11) is 1.71. The number of fused-ring (bicyclic) bond motifs is 1. The Kier molecular flexibility index (Phi) is 3.56. The average Bonchev–Trinajstić information content (AvgIpc) is 2.84. The summed E-state index contributed by atoms with van der Waals surface area (Å²) in [5, 5.41) is 5.73. The van der Waals surface area contributed by atoms with Gasteiger partial charge in [0.15, 0.2) is 11.5 Å². The van der Waals surface area contributed by atoms with Gasteiger partial charge in [-0.2, -0.15) is 9.97 Å². The number of anilines is 2. The van der Waals surface area contributed by atoms with E-state index in [0.717, 1.165) is 0 Å². The van der Waals surface area contributed by atoms with Crippen molar-refractivity contribution in [2.75, 3.05) is 30.8 Å². The van der Waals surface area contributed by atoms with E-state index >= 15 is 0 Å². The molecule has 3 N–H and O–H groups in total. The first-order valence-electron chi connectivity index (χ1n) is 5.53. The van der Waals surface area contributed by atoms with Crippen LogP contribution in [0.3, 0.4) is 0 Å². The highest BCUT2D eigenvalue weighted by atomic mass is 16.5. The molecule has 0 aliphatic carbocycles. The van der Waals surface area contributed by atoms with Crippen LogP contribution in [0.25, 0.3) is 11.2 Å². The van der Waals surface area contributed by atoms with Crippen molar-refractivity contribution in [3.8, 4) is 0 Å². The Morgan fingerprint density at radius 2 is 2.33 bits per heavy atom. The van der Waals surface area contributed by atoms with Crippen molar-refractivity contribution < 1.29 is 9.53 Å². The van der Waals surface area contributed by atoms with Crippen LogP contribution in [0.15, 0.2) is 6.33 Å². The molecular formula is C10H14N6O2. The molecule has 0 radical (unpaired) electrons. The number of imidazole rings is 1. The number of carbonyl (C=O) groups is 1. The smallest absolute Gasteiger partial charge is 0.325 e. The average molecular weight is 250 g/mol. The standard InChI is InChI=1S/C10H14N6O2/c1-3-18-6(17)4-12-8-7-9(14-5-13-7)16-10(11-2)15-8/h5H,3-4H2,1-2H3,(H3,11,12,13,14,15,16). The second kappa shape index (κ2) is 5.30. The van der Waals surface area contributed by atoms with Crippen molar-refractivity contribution in [1.29, 1.82) is 0 Å². The molecule has 2 rings (SSSR count). The largest absolute Gasteiger partial charge is 0.465 e. The normalized spacial score (nSPS) is 10.3. The van der Waals surface area contributed by atoms with Crippen LogP contribution in [0.4, 0.5) is 11.8 Å². The summed E-state index contributed by atoms with van der Waals surface area (Å²) >= 11 is 0. The van der Waals surface area contributed by atoms with Gasteiger partial charge < -0.3 is 20.4 Å². The van der Waals surface area contributed by atoms with Crippen molar-refractivity contribution in [3.63, 3.8) is 0 Å².